The summed E-state index contributed by atoms with van der Waals surface area (Å²) in [6.07, 6.45) is 0. The largest absolute Gasteiger partial charge is 0.355 e. The summed E-state index contributed by atoms with van der Waals surface area (Å²) >= 11 is 0. The molecule has 0 spiro atoms. The zero-order chi connectivity index (χ0) is 14.2. The Morgan fingerprint density at radius 3 is 1.32 bits per heavy atom. The van der Waals surface area contributed by atoms with Crippen molar-refractivity contribution >= 4 is 77.9 Å². The van der Waals surface area contributed by atoms with Crippen LogP contribution < -0.4 is 37.5 Å². The van der Waals surface area contributed by atoms with Crippen molar-refractivity contribution in [3.63, 3.8) is 0 Å². The van der Waals surface area contributed by atoms with E-state index in [2.05, 4.69) is 50.6 Å². The molecule has 0 aromatic carbocycles. The van der Waals surface area contributed by atoms with Crippen molar-refractivity contribution < 1.29 is 0 Å². The van der Waals surface area contributed by atoms with Crippen molar-refractivity contribution in [3.8, 4) is 0 Å². The van der Waals surface area contributed by atoms with E-state index in [0.29, 0.717) is 0 Å². The Morgan fingerprint density at radius 1 is 0.579 bits per heavy atom. The second-order valence-electron chi connectivity index (χ2n) is 4.45. The van der Waals surface area contributed by atoms with Crippen molar-refractivity contribution in [1.82, 2.24) is 37.5 Å². The SMILES string of the molecule is CN[SiH2]N[SiH2]N[SiH2]N[SiH2]N[SiH2]N[SiH2]N[SiH2]N[SiH](C)C. The number of hydrogen-bond acceptors (Lipinski definition) is 8. The van der Waals surface area contributed by atoms with E-state index in [1.54, 1.807) is 0 Å². The third-order valence-corrected chi connectivity index (χ3v) is 18.6. The quantitative estimate of drug-likeness (QED) is 0.101. The van der Waals surface area contributed by atoms with Crippen LogP contribution in [0.4, 0.5) is 0 Å². The molecule has 0 fully saturated rings. The Hall–Kier alpha value is 1.42. The minimum absolute atomic E-state index is 0.150. The highest BCUT2D eigenvalue weighted by Crippen LogP contribution is 1.64. The minimum atomic E-state index is -0.529. The first-order valence-electron chi connectivity index (χ1n) is 6.89. The second-order valence-corrected chi connectivity index (χ2v) is 23.6. The first-order chi connectivity index (χ1) is 9.27. The van der Waals surface area contributed by atoms with Crippen LogP contribution in [0.5, 0.6) is 0 Å². The van der Waals surface area contributed by atoms with Gasteiger partial charge in [-0.3, -0.25) is 0 Å². The fraction of sp³-hybridized carbons (Fsp3) is 1.00. The lowest BCUT2D eigenvalue weighted by atomic mass is 11.6. The van der Waals surface area contributed by atoms with Crippen molar-refractivity contribution in [3.05, 3.63) is 0 Å². The third-order valence-electron chi connectivity index (χ3n) is 2.19. The summed E-state index contributed by atoms with van der Waals surface area (Å²) < 4.78 is 25.2. The number of hydrogen-bond donors (Lipinski definition) is 8. The Labute approximate surface area is 135 Å². The van der Waals surface area contributed by atoms with E-state index >= 15 is 0 Å². The zero-order valence-electron chi connectivity index (χ0n) is 12.5. The lowest BCUT2D eigenvalue weighted by Gasteiger charge is -2.10. The molecule has 0 saturated heterocycles. The van der Waals surface area contributed by atoms with Crippen molar-refractivity contribution in [2.24, 2.45) is 0 Å². The van der Waals surface area contributed by atoms with Gasteiger partial charge in [-0.05, 0) is 7.05 Å². The molecule has 0 aliphatic rings. The van der Waals surface area contributed by atoms with Gasteiger partial charge >= 0.3 is 0 Å². The molecule has 8 nitrogen and oxygen atoms in total. The smallest absolute Gasteiger partial charge is 0.161 e. The molecule has 0 radical (unpaired) electrons. The van der Waals surface area contributed by atoms with Crippen LogP contribution in [0.25, 0.3) is 0 Å². The van der Waals surface area contributed by atoms with Crippen LogP contribution in [-0.4, -0.2) is 84.9 Å². The highest BCUT2D eigenvalue weighted by Gasteiger charge is 1.93. The van der Waals surface area contributed by atoms with Crippen LogP contribution in [-0.2, 0) is 0 Å². The van der Waals surface area contributed by atoms with Gasteiger partial charge in [-0.2, -0.15) is 0 Å². The third kappa shape index (κ3) is 19.4. The molecule has 0 saturated carbocycles. The maximum atomic E-state index is 3.63. The number of nitrogens with one attached hydrogen (secondary N) is 8. The van der Waals surface area contributed by atoms with Crippen LogP contribution in [0.2, 0.25) is 13.1 Å². The summed E-state index contributed by atoms with van der Waals surface area (Å²) in [5, 5.41) is 0. The summed E-state index contributed by atoms with van der Waals surface area (Å²) in [6, 6.07) is 0. The molecule has 116 valence electrons. The van der Waals surface area contributed by atoms with E-state index in [4.69, 9.17) is 0 Å². The lowest BCUT2D eigenvalue weighted by molar-refractivity contribution is 1.20. The van der Waals surface area contributed by atoms with Gasteiger partial charge in [0.05, 0.1) is 8.96 Å². The monoisotopic (exact) mass is 404 g/mol. The van der Waals surface area contributed by atoms with Gasteiger partial charge in [0.2, 0.25) is 0 Å². The van der Waals surface area contributed by atoms with Gasteiger partial charge in [0.25, 0.3) is 0 Å². The van der Waals surface area contributed by atoms with E-state index in [9.17, 15) is 0 Å². The van der Waals surface area contributed by atoms with Crippen LogP contribution in [0, 0.1) is 0 Å². The Morgan fingerprint density at radius 2 is 0.947 bits per heavy atom. The predicted octanol–water partition coefficient (Wildman–Crippen LogP) is -9.69. The molecule has 19 heavy (non-hydrogen) atoms. The lowest BCUT2D eigenvalue weighted by Crippen LogP contribution is -2.53. The van der Waals surface area contributed by atoms with E-state index < -0.39 is 8.96 Å². The highest BCUT2D eigenvalue weighted by atomic mass is 28.4. The summed E-state index contributed by atoms with van der Waals surface area (Å²) in [4.78, 5) is 3.22. The average Bonchev–Trinajstić information content (AvgIpc) is 2.39. The van der Waals surface area contributed by atoms with Crippen molar-refractivity contribution in [2.75, 3.05) is 7.05 Å². The van der Waals surface area contributed by atoms with Gasteiger partial charge < -0.3 is 37.5 Å². The van der Waals surface area contributed by atoms with Gasteiger partial charge in [-0.15, -0.1) is 0 Å². The molecule has 0 atom stereocenters. The molecular formula is C3H32N8Si8. The maximum Gasteiger partial charge on any atom is 0.161 e. The van der Waals surface area contributed by atoms with Gasteiger partial charge in [-0.25, -0.2) is 0 Å². The fourth-order valence-corrected chi connectivity index (χ4v) is 20.2. The van der Waals surface area contributed by atoms with Crippen LogP contribution in [0.15, 0.2) is 0 Å². The Kier molecular flexibility index (Phi) is 18.8. The minimum Gasteiger partial charge on any atom is -0.355 e. The fourth-order valence-electron chi connectivity index (χ4n) is 1.22. The average molecular weight is 405 g/mol. The summed E-state index contributed by atoms with van der Waals surface area (Å²) in [6.45, 7) is 4.68. The zero-order valence-corrected chi connectivity index (χ0v) is 23.6. The van der Waals surface area contributed by atoms with Crippen LogP contribution >= 0.6 is 0 Å². The van der Waals surface area contributed by atoms with E-state index in [0.717, 1.165) is 0 Å². The van der Waals surface area contributed by atoms with Crippen molar-refractivity contribution in [1.29, 1.82) is 0 Å². The van der Waals surface area contributed by atoms with Gasteiger partial charge in [0, 0.05) is 0 Å². The number of rotatable bonds is 15. The molecule has 0 amide bonds. The van der Waals surface area contributed by atoms with Gasteiger partial charge in [-0.1, -0.05) is 13.1 Å². The molecule has 16 heteroatoms. The molecule has 0 aliphatic heterocycles. The summed E-state index contributed by atoms with van der Waals surface area (Å²) in [5.74, 6) is 0. The Balaban J connectivity index is 2.91. The van der Waals surface area contributed by atoms with E-state index in [1.165, 1.54) is 0 Å². The molecule has 0 bridgehead atoms. The summed E-state index contributed by atoms with van der Waals surface area (Å²) in [7, 11) is 0.261. The molecule has 0 rings (SSSR count). The van der Waals surface area contributed by atoms with Crippen LogP contribution in [0.3, 0.4) is 0 Å². The Bertz CT molecular complexity index is 176. The standard InChI is InChI=1S/C3H32N8Si8/c1-4-12-5-13-6-14-7-15-8-16-9-17-10-18-11-19(2)3/h4-11,19H,12-18H2,1-3H3. The molecule has 0 unspecified atom stereocenters. The highest BCUT2D eigenvalue weighted by molar-refractivity contribution is 6.67. The maximum absolute atomic E-state index is 3.63. The van der Waals surface area contributed by atoms with Gasteiger partial charge in [0.1, 0.15) is 0 Å². The van der Waals surface area contributed by atoms with Crippen molar-refractivity contribution in [2.45, 2.75) is 13.1 Å². The molecule has 0 heterocycles. The molecule has 0 aromatic heterocycles. The van der Waals surface area contributed by atoms with E-state index in [1.807, 2.05) is 7.05 Å². The second kappa shape index (κ2) is 17.5. The topological polar surface area (TPSA) is 96.2 Å². The first kappa shape index (κ1) is 20.4. The molecular weight excluding hydrogens is 373 g/mol. The molecule has 8 N–H and O–H groups in total. The first-order valence-corrected chi connectivity index (χ1v) is 19.7. The molecule has 0 aliphatic carbocycles. The molecule has 0 aromatic rings. The van der Waals surface area contributed by atoms with E-state index in [-0.39, 0.29) is 68.9 Å². The predicted molar refractivity (Wildman–Crippen MR) is 110 cm³/mol. The summed E-state index contributed by atoms with van der Waals surface area (Å²) in [5.41, 5.74) is 0. The van der Waals surface area contributed by atoms with Gasteiger partial charge in [0.15, 0.2) is 68.9 Å². The van der Waals surface area contributed by atoms with Crippen LogP contribution in [0.1, 0.15) is 0 Å². The normalized spacial score (nSPS) is 15.8.